The fraction of sp³-hybridized carbons (Fsp3) is 0.923. The first kappa shape index (κ1) is 45.1. The Morgan fingerprint density at radius 2 is 0.891 bits per heavy atom. The highest BCUT2D eigenvalue weighted by molar-refractivity contribution is 7.85. The molecule has 0 aliphatic rings. The lowest BCUT2D eigenvalue weighted by atomic mass is 10.0. The lowest BCUT2D eigenvalue weighted by Gasteiger charge is -2.21. The number of carbonyl (C=O) groups is 1. The van der Waals surface area contributed by atoms with Crippen molar-refractivity contribution in [2.75, 3.05) is 5.75 Å². The first-order valence-electron chi connectivity index (χ1n) is 19.9. The van der Waals surface area contributed by atoms with Gasteiger partial charge < -0.3 is 10.4 Å². The van der Waals surface area contributed by atoms with Gasteiger partial charge in [0.15, 0.2) is 0 Å². The van der Waals surface area contributed by atoms with Crippen molar-refractivity contribution in [2.45, 2.75) is 225 Å². The van der Waals surface area contributed by atoms with Gasteiger partial charge in [0.2, 0.25) is 5.91 Å². The predicted octanol–water partition coefficient (Wildman–Crippen LogP) is 11.4. The van der Waals surface area contributed by atoms with Crippen LogP contribution in [0.4, 0.5) is 0 Å². The van der Waals surface area contributed by atoms with Crippen LogP contribution in [0.3, 0.4) is 0 Å². The van der Waals surface area contributed by atoms with E-state index in [0.29, 0.717) is 6.42 Å². The lowest BCUT2D eigenvalue weighted by molar-refractivity contribution is -0.122. The zero-order valence-corrected chi connectivity index (χ0v) is 31.3. The van der Waals surface area contributed by atoms with E-state index in [9.17, 15) is 22.9 Å². The summed E-state index contributed by atoms with van der Waals surface area (Å²) < 4.78 is 32.4. The van der Waals surface area contributed by atoms with Gasteiger partial charge in [0.05, 0.1) is 17.9 Å². The summed E-state index contributed by atoms with van der Waals surface area (Å²) in [6.45, 7) is 4.51. The van der Waals surface area contributed by atoms with Crippen LogP contribution in [0.1, 0.15) is 213 Å². The van der Waals surface area contributed by atoms with Crippen molar-refractivity contribution in [1.82, 2.24) is 5.32 Å². The maximum atomic E-state index is 12.5. The molecule has 2 atom stereocenters. The van der Waals surface area contributed by atoms with E-state index in [2.05, 4.69) is 19.2 Å². The molecule has 0 radical (unpaired) electrons. The Bertz CT molecular complexity index is 785. The molecule has 0 saturated carbocycles. The quantitative estimate of drug-likeness (QED) is 0.0349. The molecule has 0 aliphatic carbocycles. The summed E-state index contributed by atoms with van der Waals surface area (Å²) in [6, 6.07) is -1.05. The number of unbranched alkanes of at least 4 members (excludes halogenated alkanes) is 28. The van der Waals surface area contributed by atoms with E-state index < -0.39 is 28.0 Å². The molecule has 0 heterocycles. The fourth-order valence-corrected chi connectivity index (χ4v) is 6.95. The minimum absolute atomic E-state index is 0.276. The van der Waals surface area contributed by atoms with E-state index in [1.54, 1.807) is 6.08 Å². The van der Waals surface area contributed by atoms with Crippen LogP contribution in [0.15, 0.2) is 12.2 Å². The van der Waals surface area contributed by atoms with E-state index in [-0.39, 0.29) is 5.91 Å². The Morgan fingerprint density at radius 3 is 1.24 bits per heavy atom. The van der Waals surface area contributed by atoms with Gasteiger partial charge in [-0.3, -0.25) is 9.35 Å². The molecule has 0 aliphatic heterocycles. The molecule has 0 fully saturated rings. The highest BCUT2D eigenvalue weighted by atomic mass is 32.2. The number of hydrogen-bond acceptors (Lipinski definition) is 4. The maximum absolute atomic E-state index is 12.5. The molecule has 3 N–H and O–H groups in total. The van der Waals surface area contributed by atoms with Crippen LogP contribution in [-0.2, 0) is 14.9 Å². The molecule has 46 heavy (non-hydrogen) atoms. The lowest BCUT2D eigenvalue weighted by Crippen LogP contribution is -2.46. The topological polar surface area (TPSA) is 104 Å². The smallest absolute Gasteiger partial charge is 0.267 e. The van der Waals surface area contributed by atoms with Gasteiger partial charge in [-0.25, -0.2) is 0 Å². The zero-order valence-electron chi connectivity index (χ0n) is 30.5. The highest BCUT2D eigenvalue weighted by Crippen LogP contribution is 2.16. The van der Waals surface area contributed by atoms with Crippen LogP contribution in [0.25, 0.3) is 0 Å². The molecule has 0 aromatic heterocycles. The number of nitrogens with one attached hydrogen (secondary N) is 1. The molecule has 274 valence electrons. The SMILES string of the molecule is CCCCCCCCCCC/C=C/C(O)C(CS(=O)(=O)O)NC(=O)CCCCCCCCCCCCCCCCCCCCCC. The summed E-state index contributed by atoms with van der Waals surface area (Å²) in [5, 5.41) is 13.2. The summed E-state index contributed by atoms with van der Waals surface area (Å²) in [7, 11) is -4.33. The number of hydrogen-bond donors (Lipinski definition) is 3. The summed E-state index contributed by atoms with van der Waals surface area (Å²) in [5.74, 6) is -0.968. The van der Waals surface area contributed by atoms with Gasteiger partial charge in [0.25, 0.3) is 10.1 Å². The summed E-state index contributed by atoms with van der Waals surface area (Å²) in [5.41, 5.74) is 0. The van der Waals surface area contributed by atoms with Crippen molar-refractivity contribution in [3.8, 4) is 0 Å². The van der Waals surface area contributed by atoms with Crippen LogP contribution in [-0.4, -0.2) is 41.9 Å². The largest absolute Gasteiger partial charge is 0.387 e. The average Bonchev–Trinajstić information content (AvgIpc) is 3.01. The molecule has 1 amide bonds. The summed E-state index contributed by atoms with van der Waals surface area (Å²) in [6.07, 6.45) is 40.6. The molecule has 2 unspecified atom stereocenters. The number of aliphatic hydroxyl groups excluding tert-OH is 1. The Morgan fingerprint density at radius 1 is 0.565 bits per heavy atom. The third kappa shape index (κ3) is 34.4. The molecular weight excluding hydrogens is 594 g/mol. The summed E-state index contributed by atoms with van der Waals surface area (Å²) in [4.78, 5) is 12.5. The van der Waals surface area contributed by atoms with Gasteiger partial charge in [0.1, 0.15) is 0 Å². The van der Waals surface area contributed by atoms with Gasteiger partial charge >= 0.3 is 0 Å². The van der Waals surface area contributed by atoms with E-state index in [0.717, 1.165) is 38.5 Å². The number of aliphatic hydroxyl groups is 1. The molecule has 7 heteroatoms. The van der Waals surface area contributed by atoms with Gasteiger partial charge in [-0.2, -0.15) is 8.42 Å². The van der Waals surface area contributed by atoms with Crippen molar-refractivity contribution >= 4 is 16.0 Å². The van der Waals surface area contributed by atoms with Crippen LogP contribution in [0.2, 0.25) is 0 Å². The normalized spacial score (nSPS) is 13.4. The fourth-order valence-electron chi connectivity index (χ4n) is 6.21. The van der Waals surface area contributed by atoms with Crippen LogP contribution < -0.4 is 5.32 Å². The third-order valence-electron chi connectivity index (χ3n) is 9.21. The van der Waals surface area contributed by atoms with E-state index >= 15 is 0 Å². The van der Waals surface area contributed by atoms with Gasteiger partial charge in [-0.1, -0.05) is 199 Å². The Hall–Kier alpha value is -0.920. The Balaban J connectivity index is 3.83. The first-order valence-corrected chi connectivity index (χ1v) is 21.5. The molecule has 0 bridgehead atoms. The minimum atomic E-state index is -4.33. The molecule has 0 aromatic rings. The molecule has 0 saturated heterocycles. The molecular formula is C39H77NO5S. The van der Waals surface area contributed by atoms with Gasteiger partial charge in [0, 0.05) is 6.42 Å². The molecule has 0 spiro atoms. The van der Waals surface area contributed by atoms with E-state index in [1.165, 1.54) is 154 Å². The molecule has 0 rings (SSSR count). The number of allylic oxidation sites excluding steroid dienone is 1. The van der Waals surface area contributed by atoms with Crippen LogP contribution in [0.5, 0.6) is 0 Å². The number of carbonyl (C=O) groups excluding carboxylic acids is 1. The van der Waals surface area contributed by atoms with Crippen molar-refractivity contribution in [2.24, 2.45) is 0 Å². The van der Waals surface area contributed by atoms with Crippen molar-refractivity contribution in [1.29, 1.82) is 0 Å². The number of amides is 1. The highest BCUT2D eigenvalue weighted by Gasteiger charge is 2.24. The van der Waals surface area contributed by atoms with E-state index in [4.69, 9.17) is 0 Å². The van der Waals surface area contributed by atoms with E-state index in [1.807, 2.05) is 6.08 Å². The van der Waals surface area contributed by atoms with Crippen molar-refractivity contribution in [3.63, 3.8) is 0 Å². The second-order valence-corrected chi connectivity index (χ2v) is 15.4. The van der Waals surface area contributed by atoms with Gasteiger partial charge in [-0.15, -0.1) is 0 Å². The third-order valence-corrected chi connectivity index (χ3v) is 9.99. The van der Waals surface area contributed by atoms with Crippen LogP contribution >= 0.6 is 0 Å². The van der Waals surface area contributed by atoms with Crippen molar-refractivity contribution in [3.05, 3.63) is 12.2 Å². The summed E-state index contributed by atoms with van der Waals surface area (Å²) >= 11 is 0. The predicted molar refractivity (Wildman–Crippen MR) is 198 cm³/mol. The maximum Gasteiger partial charge on any atom is 0.267 e. The zero-order chi connectivity index (χ0) is 34.0. The second kappa shape index (κ2) is 34.0. The van der Waals surface area contributed by atoms with Crippen LogP contribution in [0, 0.1) is 0 Å². The van der Waals surface area contributed by atoms with Gasteiger partial charge in [-0.05, 0) is 19.3 Å². The first-order chi connectivity index (χ1) is 22.3. The average molecular weight is 672 g/mol. The Kier molecular flexibility index (Phi) is 33.3. The molecule has 6 nitrogen and oxygen atoms in total. The second-order valence-electron chi connectivity index (χ2n) is 13.9. The molecule has 0 aromatic carbocycles. The number of rotatable bonds is 36. The monoisotopic (exact) mass is 672 g/mol. The minimum Gasteiger partial charge on any atom is -0.387 e. The van der Waals surface area contributed by atoms with Crippen molar-refractivity contribution < 1.29 is 22.9 Å². The standard InChI is InChI=1S/C39H77NO5S/c1-3-5-7-9-11-13-15-16-17-18-19-20-21-22-23-25-27-29-31-33-35-39(42)40-37(36-46(43,44)45)38(41)34-32-30-28-26-24-14-12-10-8-6-4-2/h32,34,37-38,41H,3-31,33,35-36H2,1-2H3,(H,40,42)(H,43,44,45)/b34-32+. The Labute approximate surface area is 286 Å².